The molecule has 0 aliphatic heterocycles. The fraction of sp³-hybridized carbons (Fsp3) is 0.200. The molecule has 0 aromatic heterocycles. The Labute approximate surface area is 117 Å². The molecule has 1 atom stereocenters. The van der Waals surface area contributed by atoms with Crippen LogP contribution >= 0.6 is 0 Å². The quantitative estimate of drug-likeness (QED) is 0.559. The van der Waals surface area contributed by atoms with Gasteiger partial charge in [0.2, 0.25) is 0 Å². The van der Waals surface area contributed by atoms with Crippen molar-refractivity contribution in [2.24, 2.45) is 5.73 Å². The average Bonchev–Trinajstić information content (AvgIpc) is 2.44. The van der Waals surface area contributed by atoms with Crippen LogP contribution in [-0.2, 0) is 9.59 Å². The third-order valence-electron chi connectivity index (χ3n) is 2.10. The number of aliphatic carboxylic acids is 2. The monoisotopic (exact) mass is 275 g/mol. The molecule has 0 aliphatic carbocycles. The molecule has 0 spiro atoms. The van der Waals surface area contributed by atoms with Gasteiger partial charge < -0.3 is 15.9 Å². The van der Waals surface area contributed by atoms with Crippen LogP contribution in [0.15, 0.2) is 36.4 Å². The van der Waals surface area contributed by atoms with E-state index in [1.54, 1.807) is 6.08 Å². The summed E-state index contributed by atoms with van der Waals surface area (Å²) in [6.07, 6.45) is 7.97. The molecule has 1 aromatic rings. The largest absolute Gasteiger partial charge is 0.481 e. The van der Waals surface area contributed by atoms with Gasteiger partial charge in [0.1, 0.15) is 0 Å². The smallest absolute Gasteiger partial charge is 0.328 e. The predicted octanol–water partition coefficient (Wildman–Crippen LogP) is 1.60. The maximum atomic E-state index is 10.1. The SMILES string of the molecule is C#CC(N)CCC(=O)O.O=C(O)C=Cc1ccccc1. The molecule has 106 valence electrons. The summed E-state index contributed by atoms with van der Waals surface area (Å²) >= 11 is 0. The van der Waals surface area contributed by atoms with Gasteiger partial charge in [0.25, 0.3) is 0 Å². The highest BCUT2D eigenvalue weighted by Crippen LogP contribution is 1.99. The lowest BCUT2D eigenvalue weighted by Crippen LogP contribution is -2.18. The fourth-order valence-electron chi connectivity index (χ4n) is 1.09. The number of hydrogen-bond donors (Lipinski definition) is 3. The lowest BCUT2D eigenvalue weighted by molar-refractivity contribution is -0.137. The average molecular weight is 275 g/mol. The van der Waals surface area contributed by atoms with E-state index in [0.717, 1.165) is 11.6 Å². The molecule has 0 radical (unpaired) electrons. The Hall–Kier alpha value is -2.58. The van der Waals surface area contributed by atoms with Gasteiger partial charge >= 0.3 is 11.9 Å². The molecule has 1 aromatic carbocycles. The van der Waals surface area contributed by atoms with Gasteiger partial charge in [-0.25, -0.2) is 4.79 Å². The number of carboxylic acid groups (broad SMARTS) is 2. The van der Waals surface area contributed by atoms with Crippen LogP contribution in [0.2, 0.25) is 0 Å². The van der Waals surface area contributed by atoms with Gasteiger partial charge in [-0.15, -0.1) is 6.42 Å². The Morgan fingerprint density at radius 1 is 1.30 bits per heavy atom. The zero-order chi connectivity index (χ0) is 15.4. The summed E-state index contributed by atoms with van der Waals surface area (Å²) in [6, 6.07) is 8.89. The molecule has 5 heteroatoms. The predicted molar refractivity (Wildman–Crippen MR) is 76.8 cm³/mol. The summed E-state index contributed by atoms with van der Waals surface area (Å²) in [7, 11) is 0. The summed E-state index contributed by atoms with van der Waals surface area (Å²) in [5.41, 5.74) is 6.12. The second kappa shape index (κ2) is 10.4. The highest BCUT2D eigenvalue weighted by atomic mass is 16.4. The molecule has 0 saturated heterocycles. The van der Waals surface area contributed by atoms with E-state index in [1.807, 2.05) is 30.3 Å². The highest BCUT2D eigenvalue weighted by Gasteiger charge is 2.00. The first-order chi connectivity index (χ1) is 9.45. The van der Waals surface area contributed by atoms with Gasteiger partial charge in [-0.3, -0.25) is 4.79 Å². The molecule has 0 saturated carbocycles. The maximum absolute atomic E-state index is 10.1. The minimum absolute atomic E-state index is 0.0470. The summed E-state index contributed by atoms with van der Waals surface area (Å²) in [4.78, 5) is 20.0. The Morgan fingerprint density at radius 2 is 1.90 bits per heavy atom. The van der Waals surface area contributed by atoms with Crippen LogP contribution in [0.4, 0.5) is 0 Å². The van der Waals surface area contributed by atoms with E-state index in [2.05, 4.69) is 5.92 Å². The van der Waals surface area contributed by atoms with E-state index in [1.165, 1.54) is 0 Å². The van der Waals surface area contributed by atoms with Crippen molar-refractivity contribution in [2.45, 2.75) is 18.9 Å². The van der Waals surface area contributed by atoms with Gasteiger partial charge in [-0.05, 0) is 18.1 Å². The molecule has 1 rings (SSSR count). The molecule has 20 heavy (non-hydrogen) atoms. The van der Waals surface area contributed by atoms with Crippen LogP contribution in [-0.4, -0.2) is 28.2 Å². The molecular weight excluding hydrogens is 258 g/mol. The van der Waals surface area contributed by atoms with E-state index >= 15 is 0 Å². The zero-order valence-corrected chi connectivity index (χ0v) is 10.9. The van der Waals surface area contributed by atoms with Gasteiger partial charge in [-0.2, -0.15) is 0 Å². The molecule has 0 heterocycles. The summed E-state index contributed by atoms with van der Waals surface area (Å²) < 4.78 is 0. The Morgan fingerprint density at radius 3 is 2.35 bits per heavy atom. The number of carboxylic acids is 2. The zero-order valence-electron chi connectivity index (χ0n) is 10.9. The number of terminal acetylenes is 1. The van der Waals surface area contributed by atoms with Crippen molar-refractivity contribution < 1.29 is 19.8 Å². The third-order valence-corrected chi connectivity index (χ3v) is 2.10. The van der Waals surface area contributed by atoms with E-state index < -0.39 is 18.0 Å². The fourth-order valence-corrected chi connectivity index (χ4v) is 1.09. The summed E-state index contributed by atoms with van der Waals surface area (Å²) in [5.74, 6) is 0.452. The van der Waals surface area contributed by atoms with Crippen LogP contribution < -0.4 is 5.73 Å². The maximum Gasteiger partial charge on any atom is 0.328 e. The Kier molecular flexibility index (Phi) is 9.02. The van der Waals surface area contributed by atoms with E-state index in [0.29, 0.717) is 6.42 Å². The summed E-state index contributed by atoms with van der Waals surface area (Å²) in [5, 5.41) is 16.4. The summed E-state index contributed by atoms with van der Waals surface area (Å²) in [6.45, 7) is 0. The van der Waals surface area contributed by atoms with Crippen molar-refractivity contribution in [3.63, 3.8) is 0 Å². The normalized spacial score (nSPS) is 11.0. The second-order valence-electron chi connectivity index (χ2n) is 3.79. The highest BCUT2D eigenvalue weighted by molar-refractivity contribution is 5.85. The number of benzene rings is 1. The van der Waals surface area contributed by atoms with E-state index in [9.17, 15) is 9.59 Å². The van der Waals surface area contributed by atoms with E-state index in [4.69, 9.17) is 22.4 Å². The van der Waals surface area contributed by atoms with Gasteiger partial charge in [0, 0.05) is 12.5 Å². The Balaban J connectivity index is 0.000000370. The van der Waals surface area contributed by atoms with Crippen LogP contribution in [0.25, 0.3) is 6.08 Å². The number of nitrogens with two attached hydrogens (primary N) is 1. The Bertz CT molecular complexity index is 488. The van der Waals surface area contributed by atoms with Crippen LogP contribution in [0.3, 0.4) is 0 Å². The third kappa shape index (κ3) is 10.6. The van der Waals surface area contributed by atoms with Crippen molar-refractivity contribution in [1.29, 1.82) is 0 Å². The number of carbonyl (C=O) groups is 2. The van der Waals surface area contributed by atoms with Crippen molar-refractivity contribution in [3.8, 4) is 12.3 Å². The molecular formula is C15H17NO4. The first-order valence-electron chi connectivity index (χ1n) is 5.85. The van der Waals surface area contributed by atoms with E-state index in [-0.39, 0.29) is 6.42 Å². The standard InChI is InChI=1S/C9H8O2.C6H9NO2/c10-9(11)7-6-8-4-2-1-3-5-8;1-2-5(7)3-4-6(8)9/h1-7H,(H,10,11);1,5H,3-4,7H2,(H,8,9). The van der Waals surface area contributed by atoms with Crippen LogP contribution in [0.5, 0.6) is 0 Å². The van der Waals surface area contributed by atoms with Gasteiger partial charge in [0.05, 0.1) is 6.04 Å². The first kappa shape index (κ1) is 17.4. The first-order valence-corrected chi connectivity index (χ1v) is 5.85. The lowest BCUT2D eigenvalue weighted by atomic mass is 10.2. The van der Waals surface area contributed by atoms with Crippen LogP contribution in [0, 0.1) is 12.3 Å². The molecule has 0 amide bonds. The van der Waals surface area contributed by atoms with Crippen molar-refractivity contribution in [2.75, 3.05) is 0 Å². The number of rotatable bonds is 5. The van der Waals surface area contributed by atoms with Gasteiger partial charge in [-0.1, -0.05) is 36.3 Å². The van der Waals surface area contributed by atoms with Crippen LogP contribution in [0.1, 0.15) is 18.4 Å². The lowest BCUT2D eigenvalue weighted by Gasteiger charge is -1.98. The molecule has 0 fully saturated rings. The molecule has 0 bridgehead atoms. The molecule has 0 aliphatic rings. The minimum Gasteiger partial charge on any atom is -0.481 e. The number of hydrogen-bond acceptors (Lipinski definition) is 3. The molecule has 4 N–H and O–H groups in total. The molecule has 5 nitrogen and oxygen atoms in total. The second-order valence-corrected chi connectivity index (χ2v) is 3.79. The van der Waals surface area contributed by atoms with Crippen molar-refractivity contribution in [1.82, 2.24) is 0 Å². The minimum atomic E-state index is -0.922. The topological polar surface area (TPSA) is 101 Å². The molecule has 1 unspecified atom stereocenters. The van der Waals surface area contributed by atoms with Gasteiger partial charge in [0.15, 0.2) is 0 Å². The van der Waals surface area contributed by atoms with Crippen molar-refractivity contribution >= 4 is 18.0 Å². The van der Waals surface area contributed by atoms with Crippen molar-refractivity contribution in [3.05, 3.63) is 42.0 Å².